The molecule has 6 nitrogen and oxygen atoms in total. The minimum atomic E-state index is -0.816. The first-order valence-electron chi connectivity index (χ1n) is 7.38. The van der Waals surface area contributed by atoms with Crippen LogP contribution in [0.15, 0.2) is 0 Å². The lowest BCUT2D eigenvalue weighted by atomic mass is 10.0. The smallest absolute Gasteiger partial charge is 0.190 e. The zero-order chi connectivity index (χ0) is 14.8. The molecule has 2 unspecified atom stereocenters. The molecule has 2 heterocycles. The van der Waals surface area contributed by atoms with Crippen LogP contribution in [-0.4, -0.2) is 59.9 Å². The molecule has 0 aromatic rings. The Morgan fingerprint density at radius 3 is 2.70 bits per heavy atom. The minimum absolute atomic E-state index is 0.269. The first-order valence-corrected chi connectivity index (χ1v) is 7.38. The van der Waals surface area contributed by atoms with Gasteiger partial charge >= 0.3 is 0 Å². The van der Waals surface area contributed by atoms with Gasteiger partial charge in [0.25, 0.3) is 0 Å². The number of hydrogen-bond acceptors (Lipinski definition) is 6. The fourth-order valence-electron chi connectivity index (χ4n) is 2.64. The highest BCUT2D eigenvalue weighted by Gasteiger charge is 2.55. The predicted octanol–water partition coefficient (Wildman–Crippen LogP) is 0.791. The summed E-state index contributed by atoms with van der Waals surface area (Å²) in [7, 11) is 0. The van der Waals surface area contributed by atoms with Gasteiger partial charge in [0.15, 0.2) is 12.1 Å². The van der Waals surface area contributed by atoms with Crippen LogP contribution in [0.5, 0.6) is 0 Å². The minimum Gasteiger partial charge on any atom is -0.394 e. The van der Waals surface area contributed by atoms with Gasteiger partial charge in [0.1, 0.15) is 12.2 Å². The van der Waals surface area contributed by atoms with Crippen molar-refractivity contribution in [3.8, 4) is 0 Å². The normalized spacial score (nSPS) is 37.0. The van der Waals surface area contributed by atoms with Crippen molar-refractivity contribution in [1.29, 1.82) is 0 Å². The molecule has 2 aliphatic heterocycles. The maximum Gasteiger partial charge on any atom is 0.190 e. The highest BCUT2D eigenvalue weighted by Crippen LogP contribution is 2.39. The molecule has 0 radical (unpaired) electrons. The lowest BCUT2D eigenvalue weighted by Gasteiger charge is -2.26. The summed E-state index contributed by atoms with van der Waals surface area (Å²) in [4.78, 5) is 0. The van der Waals surface area contributed by atoms with Crippen molar-refractivity contribution in [2.24, 2.45) is 0 Å². The van der Waals surface area contributed by atoms with E-state index in [0.717, 1.165) is 12.8 Å². The van der Waals surface area contributed by atoms with Crippen LogP contribution in [0.1, 0.15) is 40.0 Å². The molecule has 2 N–H and O–H groups in total. The third kappa shape index (κ3) is 3.69. The van der Waals surface area contributed by atoms with Gasteiger partial charge in [0.05, 0.1) is 18.8 Å². The number of ether oxygens (including phenoxy) is 4. The van der Waals surface area contributed by atoms with E-state index in [1.54, 1.807) is 0 Å². The average molecular weight is 290 g/mol. The molecular weight excluding hydrogens is 264 g/mol. The second-order valence-corrected chi connectivity index (χ2v) is 5.90. The van der Waals surface area contributed by atoms with Crippen LogP contribution < -0.4 is 0 Å². The SMILES string of the molecule is CCCCO[C@@H]1C2OC(C)(C)O[C@H]2O[C@@H]1CC(O)CO. The Balaban J connectivity index is 1.98. The zero-order valence-corrected chi connectivity index (χ0v) is 12.4. The lowest BCUT2D eigenvalue weighted by molar-refractivity contribution is -0.221. The van der Waals surface area contributed by atoms with Gasteiger partial charge in [-0.1, -0.05) is 13.3 Å². The van der Waals surface area contributed by atoms with E-state index < -0.39 is 18.2 Å². The van der Waals surface area contributed by atoms with E-state index in [-0.39, 0.29) is 24.9 Å². The molecule has 118 valence electrons. The Kier molecular flexibility index (Phi) is 5.39. The first kappa shape index (κ1) is 16.1. The van der Waals surface area contributed by atoms with Gasteiger partial charge in [-0.05, 0) is 20.3 Å². The van der Waals surface area contributed by atoms with Crippen molar-refractivity contribution in [1.82, 2.24) is 0 Å². The summed E-state index contributed by atoms with van der Waals surface area (Å²) < 4.78 is 23.2. The summed E-state index contributed by atoms with van der Waals surface area (Å²) in [5.74, 6) is -0.678. The van der Waals surface area contributed by atoms with Crippen LogP contribution in [0.2, 0.25) is 0 Å². The van der Waals surface area contributed by atoms with Crippen LogP contribution >= 0.6 is 0 Å². The van der Waals surface area contributed by atoms with E-state index in [0.29, 0.717) is 13.0 Å². The van der Waals surface area contributed by atoms with E-state index in [2.05, 4.69) is 6.92 Å². The quantitative estimate of drug-likeness (QED) is 0.675. The third-order valence-electron chi connectivity index (χ3n) is 3.61. The standard InChI is InChI=1S/C14H26O6/c1-4-5-6-17-11-10(7-9(16)8-15)18-13-12(11)19-14(2,3)20-13/h9-13,15-16H,4-8H2,1-3H3/t9?,10-,11+,12?,13-/m1/s1. The van der Waals surface area contributed by atoms with Crippen LogP contribution in [0.25, 0.3) is 0 Å². The highest BCUT2D eigenvalue weighted by atomic mass is 16.8. The Bertz CT molecular complexity index is 308. The molecule has 2 rings (SSSR count). The van der Waals surface area contributed by atoms with Gasteiger partial charge in [0.2, 0.25) is 0 Å². The largest absolute Gasteiger partial charge is 0.394 e. The molecule has 2 saturated heterocycles. The fraction of sp³-hybridized carbons (Fsp3) is 1.00. The summed E-state index contributed by atoms with van der Waals surface area (Å²) >= 11 is 0. The van der Waals surface area contributed by atoms with E-state index in [1.807, 2.05) is 13.8 Å². The average Bonchev–Trinajstić information content (AvgIpc) is 2.82. The molecule has 0 aromatic carbocycles. The van der Waals surface area contributed by atoms with E-state index >= 15 is 0 Å². The number of rotatable bonds is 7. The van der Waals surface area contributed by atoms with Crippen LogP contribution in [0, 0.1) is 0 Å². The maximum atomic E-state index is 9.61. The van der Waals surface area contributed by atoms with E-state index in [4.69, 9.17) is 24.1 Å². The fourth-order valence-corrected chi connectivity index (χ4v) is 2.64. The van der Waals surface area contributed by atoms with Crippen LogP contribution in [0.4, 0.5) is 0 Å². The summed E-state index contributed by atoms with van der Waals surface area (Å²) in [6, 6.07) is 0. The molecule has 0 amide bonds. The summed E-state index contributed by atoms with van der Waals surface area (Å²) in [6.07, 6.45) is 0.180. The van der Waals surface area contributed by atoms with Crippen LogP contribution in [0.3, 0.4) is 0 Å². The summed E-state index contributed by atoms with van der Waals surface area (Å²) in [5, 5.41) is 18.6. The van der Waals surface area contributed by atoms with Gasteiger partial charge in [-0.15, -0.1) is 0 Å². The summed E-state index contributed by atoms with van der Waals surface area (Å²) in [6.45, 7) is 6.13. The molecule has 2 fully saturated rings. The molecule has 0 saturated carbocycles. The van der Waals surface area contributed by atoms with Crippen molar-refractivity contribution < 1.29 is 29.2 Å². The van der Waals surface area contributed by atoms with E-state index in [1.165, 1.54) is 0 Å². The molecule has 0 aliphatic carbocycles. The number of fused-ring (bicyclic) bond motifs is 1. The topological polar surface area (TPSA) is 77.4 Å². The predicted molar refractivity (Wildman–Crippen MR) is 71.1 cm³/mol. The van der Waals surface area contributed by atoms with Crippen molar-refractivity contribution in [2.45, 2.75) is 76.5 Å². The lowest BCUT2D eigenvalue weighted by Crippen LogP contribution is -2.39. The summed E-state index contributed by atoms with van der Waals surface area (Å²) in [5.41, 5.74) is 0. The van der Waals surface area contributed by atoms with Crippen molar-refractivity contribution in [3.05, 3.63) is 0 Å². The van der Waals surface area contributed by atoms with Gasteiger partial charge in [-0.25, -0.2) is 0 Å². The number of unbranched alkanes of at least 4 members (excludes halogenated alkanes) is 1. The van der Waals surface area contributed by atoms with Gasteiger partial charge < -0.3 is 29.2 Å². The molecule has 6 heteroatoms. The van der Waals surface area contributed by atoms with E-state index in [9.17, 15) is 5.11 Å². The molecule has 5 atom stereocenters. The van der Waals surface area contributed by atoms with Crippen molar-refractivity contribution in [2.75, 3.05) is 13.2 Å². The van der Waals surface area contributed by atoms with Crippen molar-refractivity contribution >= 4 is 0 Å². The second-order valence-electron chi connectivity index (χ2n) is 5.90. The monoisotopic (exact) mass is 290 g/mol. The Hall–Kier alpha value is -0.240. The molecule has 0 spiro atoms. The first-order chi connectivity index (χ1) is 9.46. The van der Waals surface area contributed by atoms with Crippen LogP contribution in [-0.2, 0) is 18.9 Å². The van der Waals surface area contributed by atoms with Gasteiger partial charge in [-0.2, -0.15) is 0 Å². The molecule has 0 bridgehead atoms. The number of aliphatic hydroxyl groups is 2. The van der Waals surface area contributed by atoms with Crippen molar-refractivity contribution in [3.63, 3.8) is 0 Å². The number of aliphatic hydroxyl groups excluding tert-OH is 2. The van der Waals surface area contributed by atoms with Gasteiger partial charge in [0, 0.05) is 13.0 Å². The Morgan fingerprint density at radius 2 is 2.05 bits per heavy atom. The maximum absolute atomic E-state index is 9.61. The Morgan fingerprint density at radius 1 is 1.30 bits per heavy atom. The second kappa shape index (κ2) is 6.68. The molecule has 2 aliphatic rings. The molecule has 20 heavy (non-hydrogen) atoms. The molecular formula is C14H26O6. The number of hydrogen-bond donors (Lipinski definition) is 2. The highest BCUT2D eigenvalue weighted by molar-refractivity contribution is 4.94. The third-order valence-corrected chi connectivity index (χ3v) is 3.61. The van der Waals surface area contributed by atoms with Gasteiger partial charge in [-0.3, -0.25) is 0 Å². The molecule has 0 aromatic heterocycles. The zero-order valence-electron chi connectivity index (χ0n) is 12.4. The Labute approximate surface area is 120 Å².